The van der Waals surface area contributed by atoms with Crippen molar-refractivity contribution in [2.45, 2.75) is 26.4 Å². The number of aromatic nitrogens is 5. The van der Waals surface area contributed by atoms with E-state index in [1.807, 2.05) is 26.8 Å². The Kier molecular flexibility index (Phi) is 3.25. The molecule has 0 atom stereocenters. The zero-order valence-corrected chi connectivity index (χ0v) is 12.6. The minimum atomic E-state index is -0.317. The number of halogens is 1. The SMILES string of the molecule is CC(C)(C)Oc1cc2c(-c3cc(Cl)ncn3)n[nH]c2cn1. The second kappa shape index (κ2) is 4.96. The van der Waals surface area contributed by atoms with Crippen molar-refractivity contribution in [2.24, 2.45) is 0 Å². The van der Waals surface area contributed by atoms with Gasteiger partial charge in [0.2, 0.25) is 5.88 Å². The first-order chi connectivity index (χ1) is 9.92. The topological polar surface area (TPSA) is 76.6 Å². The molecule has 0 aromatic carbocycles. The third-order valence-corrected chi connectivity index (χ3v) is 2.92. The average molecular weight is 304 g/mol. The van der Waals surface area contributed by atoms with Crippen LogP contribution < -0.4 is 4.74 Å². The molecule has 3 aromatic heterocycles. The fraction of sp³-hybridized carbons (Fsp3) is 0.286. The highest BCUT2D eigenvalue weighted by Gasteiger charge is 2.16. The van der Waals surface area contributed by atoms with E-state index in [0.717, 1.165) is 10.9 Å². The molecule has 3 heterocycles. The molecule has 108 valence electrons. The number of aromatic amines is 1. The zero-order valence-electron chi connectivity index (χ0n) is 11.9. The number of hydrogen-bond acceptors (Lipinski definition) is 5. The fourth-order valence-corrected chi connectivity index (χ4v) is 2.07. The lowest BCUT2D eigenvalue weighted by Crippen LogP contribution is -2.23. The molecule has 0 aliphatic carbocycles. The van der Waals surface area contributed by atoms with Gasteiger partial charge >= 0.3 is 0 Å². The first-order valence-corrected chi connectivity index (χ1v) is 6.81. The van der Waals surface area contributed by atoms with Crippen LogP contribution in [0.5, 0.6) is 5.88 Å². The monoisotopic (exact) mass is 303 g/mol. The largest absolute Gasteiger partial charge is 0.472 e. The van der Waals surface area contributed by atoms with Gasteiger partial charge in [-0.1, -0.05) is 11.6 Å². The molecule has 21 heavy (non-hydrogen) atoms. The van der Waals surface area contributed by atoms with Gasteiger partial charge in [0.1, 0.15) is 22.8 Å². The molecule has 3 rings (SSSR count). The lowest BCUT2D eigenvalue weighted by molar-refractivity contribution is 0.124. The second-order valence-corrected chi connectivity index (χ2v) is 5.97. The van der Waals surface area contributed by atoms with E-state index in [1.165, 1.54) is 6.33 Å². The summed E-state index contributed by atoms with van der Waals surface area (Å²) in [4.78, 5) is 12.3. The van der Waals surface area contributed by atoms with Gasteiger partial charge in [-0.15, -0.1) is 0 Å². The second-order valence-electron chi connectivity index (χ2n) is 5.58. The molecule has 0 bridgehead atoms. The van der Waals surface area contributed by atoms with Crippen LogP contribution in [-0.4, -0.2) is 30.8 Å². The first-order valence-electron chi connectivity index (χ1n) is 6.43. The average Bonchev–Trinajstić information content (AvgIpc) is 2.80. The van der Waals surface area contributed by atoms with E-state index in [9.17, 15) is 0 Å². The van der Waals surface area contributed by atoms with E-state index >= 15 is 0 Å². The van der Waals surface area contributed by atoms with Crippen LogP contribution in [0.15, 0.2) is 24.7 Å². The van der Waals surface area contributed by atoms with Crippen LogP contribution in [0.3, 0.4) is 0 Å². The highest BCUT2D eigenvalue weighted by Crippen LogP contribution is 2.28. The Hall–Kier alpha value is -2.21. The van der Waals surface area contributed by atoms with Crippen LogP contribution in [0.25, 0.3) is 22.3 Å². The van der Waals surface area contributed by atoms with Gasteiger partial charge < -0.3 is 4.74 Å². The van der Waals surface area contributed by atoms with Gasteiger partial charge in [0.15, 0.2) is 0 Å². The molecule has 7 heteroatoms. The number of pyridine rings is 1. The molecule has 0 radical (unpaired) electrons. The van der Waals surface area contributed by atoms with E-state index < -0.39 is 0 Å². The predicted octanol–water partition coefficient (Wildman–Crippen LogP) is 3.25. The van der Waals surface area contributed by atoms with Crippen molar-refractivity contribution in [3.05, 3.63) is 29.8 Å². The summed E-state index contributed by atoms with van der Waals surface area (Å²) >= 11 is 5.91. The van der Waals surface area contributed by atoms with Crippen molar-refractivity contribution >= 4 is 22.5 Å². The summed E-state index contributed by atoms with van der Waals surface area (Å²) in [5.74, 6) is 0.540. The van der Waals surface area contributed by atoms with Crippen molar-refractivity contribution in [1.82, 2.24) is 25.1 Å². The molecule has 0 aliphatic heterocycles. The fourth-order valence-electron chi connectivity index (χ4n) is 1.93. The van der Waals surface area contributed by atoms with Gasteiger partial charge in [0.05, 0.1) is 17.4 Å². The summed E-state index contributed by atoms with van der Waals surface area (Å²) < 4.78 is 5.78. The van der Waals surface area contributed by atoms with E-state index in [4.69, 9.17) is 16.3 Å². The van der Waals surface area contributed by atoms with Crippen molar-refractivity contribution in [1.29, 1.82) is 0 Å². The standard InChI is InChI=1S/C14H14ClN5O/c1-14(2,3)21-12-4-8-10(6-16-12)19-20-13(8)9-5-11(15)18-7-17-9/h4-7H,1-3H3,(H,19,20). The quantitative estimate of drug-likeness (QED) is 0.735. The summed E-state index contributed by atoms with van der Waals surface area (Å²) in [6.07, 6.45) is 3.10. The maximum absolute atomic E-state index is 5.91. The zero-order chi connectivity index (χ0) is 15.0. The third kappa shape index (κ3) is 2.95. The number of fused-ring (bicyclic) bond motifs is 1. The van der Waals surface area contributed by atoms with E-state index in [0.29, 0.717) is 22.4 Å². The number of nitrogens with one attached hydrogen (secondary N) is 1. The van der Waals surface area contributed by atoms with Crippen LogP contribution in [0, 0.1) is 0 Å². The highest BCUT2D eigenvalue weighted by atomic mass is 35.5. The number of H-pyrrole nitrogens is 1. The molecule has 0 saturated heterocycles. The molecule has 0 fully saturated rings. The summed E-state index contributed by atoms with van der Waals surface area (Å²) in [6, 6.07) is 3.51. The Balaban J connectivity index is 2.10. The molecule has 6 nitrogen and oxygen atoms in total. The lowest BCUT2D eigenvalue weighted by atomic mass is 10.2. The Morgan fingerprint density at radius 2 is 1.95 bits per heavy atom. The van der Waals surface area contributed by atoms with E-state index in [1.54, 1.807) is 12.3 Å². The first kappa shape index (κ1) is 13.8. The Morgan fingerprint density at radius 1 is 1.14 bits per heavy atom. The molecular formula is C14H14ClN5O. The summed E-state index contributed by atoms with van der Waals surface area (Å²) in [7, 11) is 0. The molecule has 1 N–H and O–H groups in total. The minimum Gasteiger partial charge on any atom is -0.472 e. The van der Waals surface area contributed by atoms with Crippen molar-refractivity contribution in [3.63, 3.8) is 0 Å². The molecule has 0 spiro atoms. The van der Waals surface area contributed by atoms with Crippen LogP contribution in [0.1, 0.15) is 20.8 Å². The molecular weight excluding hydrogens is 290 g/mol. The molecule has 0 unspecified atom stereocenters. The summed E-state index contributed by atoms with van der Waals surface area (Å²) in [5.41, 5.74) is 1.83. The van der Waals surface area contributed by atoms with Gasteiger partial charge in [0, 0.05) is 17.5 Å². The molecule has 0 amide bonds. The van der Waals surface area contributed by atoms with Crippen molar-refractivity contribution in [2.75, 3.05) is 0 Å². The van der Waals surface area contributed by atoms with Gasteiger partial charge in [0.25, 0.3) is 0 Å². The van der Waals surface area contributed by atoms with Gasteiger partial charge in [-0.25, -0.2) is 15.0 Å². The van der Waals surface area contributed by atoms with E-state index in [2.05, 4.69) is 25.1 Å². The molecule has 0 saturated carbocycles. The third-order valence-electron chi connectivity index (χ3n) is 2.71. The van der Waals surface area contributed by atoms with E-state index in [-0.39, 0.29) is 5.60 Å². The normalized spacial score (nSPS) is 11.8. The van der Waals surface area contributed by atoms with Crippen LogP contribution >= 0.6 is 11.6 Å². The molecule has 3 aromatic rings. The summed E-state index contributed by atoms with van der Waals surface area (Å²) in [6.45, 7) is 5.91. The lowest BCUT2D eigenvalue weighted by Gasteiger charge is -2.20. The smallest absolute Gasteiger partial charge is 0.214 e. The van der Waals surface area contributed by atoms with Crippen molar-refractivity contribution < 1.29 is 4.74 Å². The Morgan fingerprint density at radius 3 is 2.67 bits per heavy atom. The number of rotatable bonds is 2. The number of ether oxygens (including phenoxy) is 1. The van der Waals surface area contributed by atoms with Gasteiger partial charge in [-0.05, 0) is 20.8 Å². The van der Waals surface area contributed by atoms with Gasteiger partial charge in [-0.2, -0.15) is 5.10 Å². The summed E-state index contributed by atoms with van der Waals surface area (Å²) in [5, 5.41) is 8.45. The Bertz CT molecular complexity index is 793. The molecule has 0 aliphatic rings. The maximum Gasteiger partial charge on any atom is 0.214 e. The Labute approximate surface area is 126 Å². The maximum atomic E-state index is 5.91. The van der Waals surface area contributed by atoms with Crippen LogP contribution in [-0.2, 0) is 0 Å². The number of hydrogen-bond donors (Lipinski definition) is 1. The van der Waals surface area contributed by atoms with Crippen LogP contribution in [0.4, 0.5) is 0 Å². The van der Waals surface area contributed by atoms with Crippen LogP contribution in [0.2, 0.25) is 5.15 Å². The minimum absolute atomic E-state index is 0.317. The highest BCUT2D eigenvalue weighted by molar-refractivity contribution is 6.29. The predicted molar refractivity (Wildman–Crippen MR) is 80.3 cm³/mol. The van der Waals surface area contributed by atoms with Crippen molar-refractivity contribution in [3.8, 4) is 17.3 Å². The number of nitrogens with zero attached hydrogens (tertiary/aromatic N) is 4. The van der Waals surface area contributed by atoms with Gasteiger partial charge in [-0.3, -0.25) is 5.10 Å².